The van der Waals surface area contributed by atoms with Gasteiger partial charge in [0.1, 0.15) is 12.4 Å². The molecule has 0 spiro atoms. The maximum atomic E-state index is 12.5. The van der Waals surface area contributed by atoms with Gasteiger partial charge in [-0.15, -0.1) is 0 Å². The van der Waals surface area contributed by atoms with Crippen molar-refractivity contribution in [3.63, 3.8) is 0 Å². The Hall–Kier alpha value is -2.33. The SMILES string of the molecule is Cc1ccc2c(c1)OCCN2C(=O)CC(O)c1ccccc1. The molecule has 0 saturated carbocycles. The minimum absolute atomic E-state index is 0.0668. The lowest BCUT2D eigenvalue weighted by atomic mass is 10.1. The maximum Gasteiger partial charge on any atom is 0.230 e. The third kappa shape index (κ3) is 2.97. The van der Waals surface area contributed by atoms with E-state index in [1.807, 2.05) is 55.5 Å². The predicted octanol–water partition coefficient (Wildman–Crippen LogP) is 2.84. The van der Waals surface area contributed by atoms with Gasteiger partial charge in [0.25, 0.3) is 0 Å². The number of amides is 1. The molecular formula is C18H19NO3. The van der Waals surface area contributed by atoms with Crippen LogP contribution in [-0.2, 0) is 4.79 Å². The van der Waals surface area contributed by atoms with E-state index in [-0.39, 0.29) is 12.3 Å². The first-order valence-electron chi connectivity index (χ1n) is 7.42. The van der Waals surface area contributed by atoms with Crippen LogP contribution in [0.2, 0.25) is 0 Å². The molecule has 4 nitrogen and oxygen atoms in total. The van der Waals surface area contributed by atoms with Crippen molar-refractivity contribution in [3.8, 4) is 5.75 Å². The van der Waals surface area contributed by atoms with Crippen LogP contribution in [0.15, 0.2) is 48.5 Å². The van der Waals surface area contributed by atoms with Crippen LogP contribution in [0.1, 0.15) is 23.7 Å². The molecule has 1 N–H and O–H groups in total. The second kappa shape index (κ2) is 6.20. The number of ether oxygens (including phenoxy) is 1. The van der Waals surface area contributed by atoms with Crippen LogP contribution in [0, 0.1) is 6.92 Å². The summed E-state index contributed by atoms with van der Waals surface area (Å²) in [5.74, 6) is 0.638. The summed E-state index contributed by atoms with van der Waals surface area (Å²) in [4.78, 5) is 14.2. The van der Waals surface area contributed by atoms with E-state index in [4.69, 9.17) is 4.74 Å². The lowest BCUT2D eigenvalue weighted by Crippen LogP contribution is -2.38. The normalized spacial score (nSPS) is 14.9. The lowest BCUT2D eigenvalue weighted by Gasteiger charge is -2.30. The van der Waals surface area contributed by atoms with E-state index in [9.17, 15) is 9.90 Å². The van der Waals surface area contributed by atoms with Crippen LogP contribution < -0.4 is 9.64 Å². The molecule has 1 unspecified atom stereocenters. The highest BCUT2D eigenvalue weighted by Crippen LogP contribution is 2.33. The van der Waals surface area contributed by atoms with Crippen molar-refractivity contribution in [1.29, 1.82) is 0 Å². The number of fused-ring (bicyclic) bond motifs is 1. The van der Waals surface area contributed by atoms with Crippen LogP contribution in [-0.4, -0.2) is 24.2 Å². The second-order valence-electron chi connectivity index (χ2n) is 5.50. The van der Waals surface area contributed by atoms with Crippen molar-refractivity contribution >= 4 is 11.6 Å². The number of anilines is 1. The molecule has 0 aliphatic carbocycles. The van der Waals surface area contributed by atoms with E-state index in [1.165, 1.54) is 0 Å². The molecule has 2 aromatic rings. The molecule has 0 saturated heterocycles. The summed E-state index contributed by atoms with van der Waals surface area (Å²) in [6, 6.07) is 15.0. The highest BCUT2D eigenvalue weighted by Gasteiger charge is 2.25. The van der Waals surface area contributed by atoms with Crippen LogP contribution >= 0.6 is 0 Å². The highest BCUT2D eigenvalue weighted by atomic mass is 16.5. The standard InChI is InChI=1S/C18H19NO3/c1-13-7-8-15-17(11-13)22-10-9-19(15)18(21)12-16(20)14-5-3-2-4-6-14/h2-8,11,16,20H,9-10,12H2,1H3. The lowest BCUT2D eigenvalue weighted by molar-refractivity contribution is -0.120. The van der Waals surface area contributed by atoms with E-state index in [2.05, 4.69) is 0 Å². The largest absolute Gasteiger partial charge is 0.490 e. The molecule has 3 rings (SSSR count). The molecule has 0 aromatic heterocycles. The molecular weight excluding hydrogens is 278 g/mol. The molecule has 1 aliphatic rings. The fraction of sp³-hybridized carbons (Fsp3) is 0.278. The minimum atomic E-state index is -0.787. The first-order chi connectivity index (χ1) is 10.6. The Balaban J connectivity index is 1.77. The van der Waals surface area contributed by atoms with Gasteiger partial charge in [-0.1, -0.05) is 36.4 Å². The maximum absolute atomic E-state index is 12.5. The van der Waals surface area contributed by atoms with E-state index < -0.39 is 6.10 Å². The predicted molar refractivity (Wildman–Crippen MR) is 85.0 cm³/mol. The number of aliphatic hydroxyl groups is 1. The summed E-state index contributed by atoms with van der Waals surface area (Å²) in [5.41, 5.74) is 2.63. The van der Waals surface area contributed by atoms with Crippen LogP contribution in [0.25, 0.3) is 0 Å². The minimum Gasteiger partial charge on any atom is -0.490 e. The van der Waals surface area contributed by atoms with Gasteiger partial charge in [-0.2, -0.15) is 0 Å². The monoisotopic (exact) mass is 297 g/mol. The molecule has 1 atom stereocenters. The Labute approximate surface area is 130 Å². The molecule has 4 heteroatoms. The zero-order valence-corrected chi connectivity index (χ0v) is 12.5. The van der Waals surface area contributed by atoms with Gasteiger partial charge >= 0.3 is 0 Å². The second-order valence-corrected chi connectivity index (χ2v) is 5.50. The summed E-state index contributed by atoms with van der Waals surface area (Å²) in [6.45, 7) is 2.98. The summed E-state index contributed by atoms with van der Waals surface area (Å²) in [7, 11) is 0. The van der Waals surface area contributed by atoms with Crippen LogP contribution in [0.4, 0.5) is 5.69 Å². The first kappa shape index (κ1) is 14.6. The fourth-order valence-electron chi connectivity index (χ4n) is 2.65. The van der Waals surface area contributed by atoms with Gasteiger partial charge < -0.3 is 14.7 Å². The summed E-state index contributed by atoms with van der Waals surface area (Å²) in [6.07, 6.45) is -0.720. The molecule has 1 heterocycles. The molecule has 1 aliphatic heterocycles. The van der Waals surface area contributed by atoms with Crippen molar-refractivity contribution in [2.24, 2.45) is 0 Å². The van der Waals surface area contributed by atoms with Crippen LogP contribution in [0.5, 0.6) is 5.75 Å². The Morgan fingerprint density at radius 2 is 2.05 bits per heavy atom. The zero-order chi connectivity index (χ0) is 15.5. The molecule has 1 amide bonds. The molecule has 22 heavy (non-hydrogen) atoms. The van der Waals surface area contributed by atoms with Crippen molar-refractivity contribution in [1.82, 2.24) is 0 Å². The number of benzene rings is 2. The Morgan fingerprint density at radius 3 is 2.82 bits per heavy atom. The van der Waals surface area contributed by atoms with Gasteiger partial charge in [0.2, 0.25) is 5.91 Å². The Morgan fingerprint density at radius 1 is 1.27 bits per heavy atom. The van der Waals surface area contributed by atoms with E-state index in [0.29, 0.717) is 13.2 Å². The van der Waals surface area contributed by atoms with E-state index >= 15 is 0 Å². The fourth-order valence-corrected chi connectivity index (χ4v) is 2.65. The smallest absolute Gasteiger partial charge is 0.230 e. The highest BCUT2D eigenvalue weighted by molar-refractivity contribution is 5.95. The number of hydrogen-bond acceptors (Lipinski definition) is 3. The zero-order valence-electron chi connectivity index (χ0n) is 12.5. The number of nitrogens with zero attached hydrogens (tertiary/aromatic N) is 1. The van der Waals surface area contributed by atoms with E-state index in [0.717, 1.165) is 22.6 Å². The van der Waals surface area contributed by atoms with Crippen molar-refractivity contribution in [2.75, 3.05) is 18.1 Å². The topological polar surface area (TPSA) is 49.8 Å². The Bertz CT molecular complexity index is 669. The summed E-state index contributed by atoms with van der Waals surface area (Å²) in [5, 5.41) is 10.2. The number of carbonyl (C=O) groups is 1. The van der Waals surface area contributed by atoms with Gasteiger partial charge in [-0.25, -0.2) is 0 Å². The summed E-state index contributed by atoms with van der Waals surface area (Å²) >= 11 is 0. The number of carbonyl (C=O) groups excluding carboxylic acids is 1. The average molecular weight is 297 g/mol. The number of rotatable bonds is 3. The first-order valence-corrected chi connectivity index (χ1v) is 7.42. The summed E-state index contributed by atoms with van der Waals surface area (Å²) < 4.78 is 5.62. The molecule has 2 aromatic carbocycles. The number of hydrogen-bond donors (Lipinski definition) is 1. The van der Waals surface area contributed by atoms with Gasteiger partial charge in [-0.05, 0) is 30.2 Å². The van der Waals surface area contributed by atoms with Crippen molar-refractivity contribution in [2.45, 2.75) is 19.4 Å². The van der Waals surface area contributed by atoms with Gasteiger partial charge in [0.15, 0.2) is 0 Å². The molecule has 0 fully saturated rings. The average Bonchev–Trinajstić information content (AvgIpc) is 2.54. The molecule has 114 valence electrons. The number of aryl methyl sites for hydroxylation is 1. The Kier molecular flexibility index (Phi) is 4.11. The van der Waals surface area contributed by atoms with Gasteiger partial charge in [0.05, 0.1) is 24.8 Å². The van der Waals surface area contributed by atoms with Gasteiger partial charge in [0, 0.05) is 0 Å². The van der Waals surface area contributed by atoms with Crippen molar-refractivity contribution in [3.05, 3.63) is 59.7 Å². The number of aliphatic hydroxyl groups excluding tert-OH is 1. The van der Waals surface area contributed by atoms with Crippen molar-refractivity contribution < 1.29 is 14.6 Å². The molecule has 0 bridgehead atoms. The third-order valence-corrected chi connectivity index (χ3v) is 3.83. The van der Waals surface area contributed by atoms with E-state index in [1.54, 1.807) is 4.90 Å². The van der Waals surface area contributed by atoms with Crippen LogP contribution in [0.3, 0.4) is 0 Å². The van der Waals surface area contributed by atoms with Gasteiger partial charge in [-0.3, -0.25) is 4.79 Å². The molecule has 0 radical (unpaired) electrons. The third-order valence-electron chi connectivity index (χ3n) is 3.83. The quantitative estimate of drug-likeness (QED) is 0.947.